The lowest BCUT2D eigenvalue weighted by Crippen LogP contribution is -2.21. The molecule has 3 rings (SSSR count). The van der Waals surface area contributed by atoms with Crippen molar-refractivity contribution in [1.82, 2.24) is 9.78 Å². The van der Waals surface area contributed by atoms with Crippen LogP contribution in [-0.2, 0) is 0 Å². The SMILES string of the molecule is Cc1c(Sc2ccc(Cl)cc2)cnn1C(=O)Nc1ccccc1. The van der Waals surface area contributed by atoms with Crippen LogP contribution >= 0.6 is 23.4 Å². The molecule has 0 saturated carbocycles. The van der Waals surface area contributed by atoms with Gasteiger partial charge in [-0.05, 0) is 43.3 Å². The molecule has 0 aliphatic carbocycles. The van der Waals surface area contributed by atoms with E-state index in [4.69, 9.17) is 11.6 Å². The first-order valence-corrected chi connectivity index (χ1v) is 8.17. The number of aromatic nitrogens is 2. The van der Waals surface area contributed by atoms with E-state index in [1.54, 1.807) is 18.0 Å². The Hall–Kier alpha value is -2.24. The number of amides is 1. The third kappa shape index (κ3) is 3.75. The Balaban J connectivity index is 1.76. The Morgan fingerprint density at radius 3 is 2.52 bits per heavy atom. The van der Waals surface area contributed by atoms with Gasteiger partial charge in [0.25, 0.3) is 0 Å². The molecule has 1 N–H and O–H groups in total. The molecule has 0 spiro atoms. The Bertz CT molecular complexity index is 816. The minimum Gasteiger partial charge on any atom is -0.306 e. The van der Waals surface area contributed by atoms with Gasteiger partial charge >= 0.3 is 6.03 Å². The molecule has 2 aromatic carbocycles. The molecule has 0 bridgehead atoms. The van der Waals surface area contributed by atoms with E-state index in [9.17, 15) is 4.79 Å². The Morgan fingerprint density at radius 2 is 1.83 bits per heavy atom. The smallest absolute Gasteiger partial charge is 0.306 e. The van der Waals surface area contributed by atoms with Crippen LogP contribution in [0.25, 0.3) is 0 Å². The number of carbonyl (C=O) groups is 1. The molecule has 23 heavy (non-hydrogen) atoms. The normalized spacial score (nSPS) is 10.5. The molecule has 1 amide bonds. The number of rotatable bonds is 3. The van der Waals surface area contributed by atoms with Gasteiger partial charge in [-0.1, -0.05) is 41.6 Å². The standard InChI is InChI=1S/C17H14ClN3OS/c1-12-16(23-15-9-7-13(18)8-10-15)11-19-21(12)17(22)20-14-5-3-2-4-6-14/h2-11H,1H3,(H,20,22). The van der Waals surface area contributed by atoms with Gasteiger partial charge in [0.2, 0.25) is 0 Å². The predicted octanol–water partition coefficient (Wildman–Crippen LogP) is 5.08. The zero-order valence-electron chi connectivity index (χ0n) is 12.4. The van der Waals surface area contributed by atoms with Gasteiger partial charge < -0.3 is 5.32 Å². The van der Waals surface area contributed by atoms with E-state index in [-0.39, 0.29) is 6.03 Å². The molecule has 116 valence electrons. The molecule has 3 aromatic rings. The summed E-state index contributed by atoms with van der Waals surface area (Å²) in [6.07, 6.45) is 1.69. The molecule has 0 atom stereocenters. The van der Waals surface area contributed by atoms with Gasteiger partial charge in [-0.15, -0.1) is 0 Å². The molecular formula is C17H14ClN3OS. The zero-order valence-corrected chi connectivity index (χ0v) is 13.9. The number of nitrogens with one attached hydrogen (secondary N) is 1. The van der Waals surface area contributed by atoms with E-state index in [1.807, 2.05) is 61.5 Å². The molecule has 1 heterocycles. The van der Waals surface area contributed by atoms with Gasteiger partial charge in [-0.2, -0.15) is 9.78 Å². The summed E-state index contributed by atoms with van der Waals surface area (Å²) in [6.45, 7) is 1.87. The van der Waals surface area contributed by atoms with Crippen LogP contribution in [0, 0.1) is 6.92 Å². The van der Waals surface area contributed by atoms with Gasteiger partial charge in [0.1, 0.15) is 0 Å². The molecule has 6 heteroatoms. The van der Waals surface area contributed by atoms with E-state index < -0.39 is 0 Å². The quantitative estimate of drug-likeness (QED) is 0.721. The highest BCUT2D eigenvalue weighted by Crippen LogP contribution is 2.30. The van der Waals surface area contributed by atoms with Crippen molar-refractivity contribution in [3.05, 3.63) is 71.5 Å². The van der Waals surface area contributed by atoms with Crippen LogP contribution in [-0.4, -0.2) is 15.8 Å². The maximum Gasteiger partial charge on any atom is 0.346 e. The van der Waals surface area contributed by atoms with Crippen LogP contribution in [0.1, 0.15) is 5.69 Å². The molecule has 0 fully saturated rings. The second-order valence-corrected chi connectivity index (χ2v) is 6.41. The average molecular weight is 344 g/mol. The third-order valence-corrected chi connectivity index (χ3v) is 4.60. The second kappa shape index (κ2) is 6.89. The lowest BCUT2D eigenvalue weighted by Gasteiger charge is -2.07. The molecular weight excluding hydrogens is 330 g/mol. The highest BCUT2D eigenvalue weighted by molar-refractivity contribution is 7.99. The summed E-state index contributed by atoms with van der Waals surface area (Å²) in [5.74, 6) is 0. The van der Waals surface area contributed by atoms with Crippen molar-refractivity contribution in [2.75, 3.05) is 5.32 Å². The fourth-order valence-corrected chi connectivity index (χ4v) is 3.01. The molecule has 0 saturated heterocycles. The molecule has 1 aromatic heterocycles. The molecule has 0 aliphatic rings. The largest absolute Gasteiger partial charge is 0.346 e. The summed E-state index contributed by atoms with van der Waals surface area (Å²) in [5, 5.41) is 7.70. The third-order valence-electron chi connectivity index (χ3n) is 3.22. The van der Waals surface area contributed by atoms with Crippen molar-refractivity contribution in [1.29, 1.82) is 0 Å². The average Bonchev–Trinajstić information content (AvgIpc) is 2.91. The topological polar surface area (TPSA) is 46.9 Å². The Labute approximate surface area is 143 Å². The lowest BCUT2D eigenvalue weighted by atomic mass is 10.3. The van der Waals surface area contributed by atoms with Crippen LogP contribution in [0.4, 0.5) is 10.5 Å². The van der Waals surface area contributed by atoms with Gasteiger partial charge in [-0.3, -0.25) is 0 Å². The lowest BCUT2D eigenvalue weighted by molar-refractivity contribution is 0.250. The number of hydrogen-bond acceptors (Lipinski definition) is 3. The summed E-state index contributed by atoms with van der Waals surface area (Å²) in [4.78, 5) is 14.3. The molecule has 0 aliphatic heterocycles. The van der Waals surface area contributed by atoms with Crippen LogP contribution in [0.15, 0.2) is 70.6 Å². The molecule has 0 radical (unpaired) electrons. The van der Waals surface area contributed by atoms with Crippen molar-refractivity contribution >= 4 is 35.1 Å². The monoisotopic (exact) mass is 343 g/mol. The molecule has 0 unspecified atom stereocenters. The van der Waals surface area contributed by atoms with Crippen LogP contribution in [0.2, 0.25) is 5.02 Å². The van der Waals surface area contributed by atoms with E-state index in [0.717, 1.165) is 21.2 Å². The zero-order chi connectivity index (χ0) is 16.2. The first-order valence-electron chi connectivity index (χ1n) is 6.98. The second-order valence-electron chi connectivity index (χ2n) is 4.86. The van der Waals surface area contributed by atoms with E-state index in [1.165, 1.54) is 4.68 Å². The minimum atomic E-state index is -0.281. The van der Waals surface area contributed by atoms with Gasteiger partial charge in [0, 0.05) is 15.6 Å². The summed E-state index contributed by atoms with van der Waals surface area (Å²) in [7, 11) is 0. The van der Waals surface area contributed by atoms with Crippen molar-refractivity contribution in [2.45, 2.75) is 16.7 Å². The first-order chi connectivity index (χ1) is 11.1. The summed E-state index contributed by atoms with van der Waals surface area (Å²) in [6, 6.07) is 16.6. The predicted molar refractivity (Wildman–Crippen MR) is 93.4 cm³/mol. The van der Waals surface area contributed by atoms with Crippen molar-refractivity contribution < 1.29 is 4.79 Å². The number of carbonyl (C=O) groups excluding carboxylic acids is 1. The highest BCUT2D eigenvalue weighted by Gasteiger charge is 2.14. The fraction of sp³-hybridized carbons (Fsp3) is 0.0588. The van der Waals surface area contributed by atoms with E-state index >= 15 is 0 Å². The van der Waals surface area contributed by atoms with Crippen molar-refractivity contribution in [3.8, 4) is 0 Å². The number of anilines is 1. The van der Waals surface area contributed by atoms with E-state index in [0.29, 0.717) is 5.02 Å². The Morgan fingerprint density at radius 1 is 1.13 bits per heavy atom. The summed E-state index contributed by atoms with van der Waals surface area (Å²) in [5.41, 5.74) is 1.53. The number of hydrogen-bond donors (Lipinski definition) is 1. The minimum absolute atomic E-state index is 0.281. The van der Waals surface area contributed by atoms with Crippen LogP contribution in [0.5, 0.6) is 0 Å². The summed E-state index contributed by atoms with van der Waals surface area (Å²) < 4.78 is 1.37. The van der Waals surface area contributed by atoms with Crippen molar-refractivity contribution in [2.24, 2.45) is 0 Å². The maximum atomic E-state index is 12.3. The van der Waals surface area contributed by atoms with Crippen molar-refractivity contribution in [3.63, 3.8) is 0 Å². The van der Waals surface area contributed by atoms with E-state index in [2.05, 4.69) is 10.4 Å². The number of benzene rings is 2. The number of halogens is 1. The number of para-hydroxylation sites is 1. The summed E-state index contributed by atoms with van der Waals surface area (Å²) >= 11 is 7.44. The van der Waals surface area contributed by atoms with Gasteiger partial charge in [0.15, 0.2) is 0 Å². The van der Waals surface area contributed by atoms with Gasteiger partial charge in [-0.25, -0.2) is 4.79 Å². The maximum absolute atomic E-state index is 12.3. The van der Waals surface area contributed by atoms with Gasteiger partial charge in [0.05, 0.1) is 16.8 Å². The van der Waals surface area contributed by atoms with Crippen LogP contribution < -0.4 is 5.32 Å². The first kappa shape index (κ1) is 15.6. The Kier molecular flexibility index (Phi) is 4.69. The molecule has 4 nitrogen and oxygen atoms in total. The number of nitrogens with zero attached hydrogens (tertiary/aromatic N) is 2. The van der Waals surface area contributed by atoms with Crippen LogP contribution in [0.3, 0.4) is 0 Å². The highest BCUT2D eigenvalue weighted by atomic mass is 35.5. The fourth-order valence-electron chi connectivity index (χ4n) is 2.03.